The van der Waals surface area contributed by atoms with E-state index in [0.717, 1.165) is 16.9 Å². The normalized spacial score (nSPS) is 11.0. The highest BCUT2D eigenvalue weighted by molar-refractivity contribution is 5.85. The zero-order valence-corrected chi connectivity index (χ0v) is 14.1. The molecule has 0 heterocycles. The fourth-order valence-corrected chi connectivity index (χ4v) is 1.85. The minimum atomic E-state index is -0.298. The molecule has 0 unspecified atom stereocenters. The number of ether oxygens (including phenoxy) is 1. The summed E-state index contributed by atoms with van der Waals surface area (Å²) in [6.45, 7) is 9.91. The number of benzene rings is 1. The molecule has 0 fully saturated rings. The van der Waals surface area contributed by atoms with Crippen LogP contribution in [0.2, 0.25) is 0 Å². The molecule has 22 heavy (non-hydrogen) atoms. The lowest BCUT2D eigenvalue weighted by Crippen LogP contribution is -2.45. The molecule has 0 aliphatic heterocycles. The van der Waals surface area contributed by atoms with Crippen molar-refractivity contribution in [2.45, 2.75) is 46.6 Å². The van der Waals surface area contributed by atoms with E-state index in [1.807, 2.05) is 52.8 Å². The standard InChI is InChI=1S/C17H26N2O3/c1-12-6-7-13(2)14(10-12)22-9-8-15(20)18-11-16(21)19-17(3,4)5/h6-7,10H,8-9,11H2,1-5H3,(H,18,20)(H,19,21). The Labute approximate surface area is 132 Å². The number of nitrogens with one attached hydrogen (secondary N) is 2. The van der Waals surface area contributed by atoms with Gasteiger partial charge in [0.25, 0.3) is 0 Å². The van der Waals surface area contributed by atoms with Crippen LogP contribution in [0.3, 0.4) is 0 Å². The van der Waals surface area contributed by atoms with Crippen molar-refractivity contribution in [3.05, 3.63) is 29.3 Å². The molecule has 2 N–H and O–H groups in total. The lowest BCUT2D eigenvalue weighted by Gasteiger charge is -2.20. The maximum atomic E-state index is 11.7. The smallest absolute Gasteiger partial charge is 0.239 e. The summed E-state index contributed by atoms with van der Waals surface area (Å²) in [6, 6.07) is 5.95. The van der Waals surface area contributed by atoms with E-state index in [2.05, 4.69) is 10.6 Å². The van der Waals surface area contributed by atoms with Gasteiger partial charge in [-0.25, -0.2) is 0 Å². The third-order valence-corrected chi connectivity index (χ3v) is 2.89. The first kappa shape index (κ1) is 18.0. The molecule has 0 aromatic heterocycles. The Morgan fingerprint density at radius 3 is 2.45 bits per heavy atom. The summed E-state index contributed by atoms with van der Waals surface area (Å²) < 4.78 is 5.61. The molecule has 2 amide bonds. The Bertz CT molecular complexity index is 533. The van der Waals surface area contributed by atoms with Crippen LogP contribution in [0.4, 0.5) is 0 Å². The second kappa shape index (κ2) is 7.82. The molecule has 5 nitrogen and oxygen atoms in total. The average molecular weight is 306 g/mol. The van der Waals surface area contributed by atoms with Crippen molar-refractivity contribution in [3.8, 4) is 5.75 Å². The highest BCUT2D eigenvalue weighted by Crippen LogP contribution is 2.19. The highest BCUT2D eigenvalue weighted by atomic mass is 16.5. The van der Waals surface area contributed by atoms with Crippen molar-refractivity contribution in [1.82, 2.24) is 10.6 Å². The zero-order valence-electron chi connectivity index (χ0n) is 14.1. The predicted molar refractivity (Wildman–Crippen MR) is 86.9 cm³/mol. The largest absolute Gasteiger partial charge is 0.493 e. The van der Waals surface area contributed by atoms with Crippen molar-refractivity contribution in [1.29, 1.82) is 0 Å². The summed E-state index contributed by atoms with van der Waals surface area (Å²) >= 11 is 0. The number of carbonyl (C=O) groups is 2. The molecule has 122 valence electrons. The Balaban J connectivity index is 2.29. The SMILES string of the molecule is Cc1ccc(C)c(OCCC(=O)NCC(=O)NC(C)(C)C)c1. The van der Waals surface area contributed by atoms with Crippen molar-refractivity contribution in [3.63, 3.8) is 0 Å². The second-order valence-electron chi connectivity index (χ2n) is 6.44. The number of aryl methyl sites for hydroxylation is 2. The van der Waals surface area contributed by atoms with Crippen molar-refractivity contribution < 1.29 is 14.3 Å². The van der Waals surface area contributed by atoms with Crippen molar-refractivity contribution in [2.75, 3.05) is 13.2 Å². The van der Waals surface area contributed by atoms with E-state index >= 15 is 0 Å². The molecule has 1 aromatic rings. The number of amides is 2. The molecule has 0 spiro atoms. The van der Waals surface area contributed by atoms with Crippen LogP contribution in [0.1, 0.15) is 38.3 Å². The second-order valence-corrected chi connectivity index (χ2v) is 6.44. The quantitative estimate of drug-likeness (QED) is 0.846. The molecule has 1 rings (SSSR count). The Hall–Kier alpha value is -2.04. The molecular formula is C17H26N2O3. The minimum absolute atomic E-state index is 0.0143. The van der Waals surface area contributed by atoms with Gasteiger partial charge in [-0.05, 0) is 51.8 Å². The van der Waals surface area contributed by atoms with Gasteiger partial charge < -0.3 is 15.4 Å². The average Bonchev–Trinajstić information content (AvgIpc) is 2.38. The first-order valence-corrected chi connectivity index (χ1v) is 7.45. The maximum absolute atomic E-state index is 11.7. The number of rotatable bonds is 6. The Morgan fingerprint density at radius 1 is 1.14 bits per heavy atom. The van der Waals surface area contributed by atoms with Crippen LogP contribution < -0.4 is 15.4 Å². The van der Waals surface area contributed by atoms with Gasteiger partial charge in [-0.1, -0.05) is 12.1 Å². The van der Waals surface area contributed by atoms with Gasteiger partial charge in [-0.3, -0.25) is 9.59 Å². The van der Waals surface area contributed by atoms with Gasteiger partial charge in [0.05, 0.1) is 19.6 Å². The predicted octanol–water partition coefficient (Wildman–Crippen LogP) is 2.10. The molecule has 0 bridgehead atoms. The Kier molecular flexibility index (Phi) is 6.40. The maximum Gasteiger partial charge on any atom is 0.239 e. The summed E-state index contributed by atoms with van der Waals surface area (Å²) in [4.78, 5) is 23.3. The highest BCUT2D eigenvalue weighted by Gasteiger charge is 2.14. The first-order valence-electron chi connectivity index (χ1n) is 7.45. The topological polar surface area (TPSA) is 67.4 Å². The summed E-state index contributed by atoms with van der Waals surface area (Å²) in [7, 11) is 0. The van der Waals surface area contributed by atoms with Crippen molar-refractivity contribution in [2.24, 2.45) is 0 Å². The fraction of sp³-hybridized carbons (Fsp3) is 0.529. The van der Waals surface area contributed by atoms with E-state index in [-0.39, 0.29) is 36.9 Å². The number of carbonyl (C=O) groups excluding carboxylic acids is 2. The molecule has 1 aromatic carbocycles. The lowest BCUT2D eigenvalue weighted by molar-refractivity contribution is -0.127. The van der Waals surface area contributed by atoms with E-state index in [1.165, 1.54) is 0 Å². The van der Waals surface area contributed by atoms with E-state index in [0.29, 0.717) is 0 Å². The summed E-state index contributed by atoms with van der Waals surface area (Å²) in [6.07, 6.45) is 0.218. The van der Waals surface area contributed by atoms with Gasteiger partial charge in [-0.15, -0.1) is 0 Å². The molecule has 0 saturated heterocycles. The minimum Gasteiger partial charge on any atom is -0.493 e. The van der Waals surface area contributed by atoms with Gasteiger partial charge >= 0.3 is 0 Å². The van der Waals surface area contributed by atoms with E-state index in [9.17, 15) is 9.59 Å². The first-order chi connectivity index (χ1) is 10.2. The summed E-state index contributed by atoms with van der Waals surface area (Å²) in [5.74, 6) is 0.393. The number of hydrogen-bond donors (Lipinski definition) is 2. The lowest BCUT2D eigenvalue weighted by atomic mass is 10.1. The van der Waals surface area contributed by atoms with Crippen LogP contribution in [-0.2, 0) is 9.59 Å². The Morgan fingerprint density at radius 2 is 1.82 bits per heavy atom. The van der Waals surface area contributed by atoms with Gasteiger partial charge in [0.15, 0.2) is 0 Å². The van der Waals surface area contributed by atoms with Gasteiger partial charge in [0, 0.05) is 5.54 Å². The van der Waals surface area contributed by atoms with Gasteiger partial charge in [0.1, 0.15) is 5.75 Å². The number of hydrogen-bond acceptors (Lipinski definition) is 3. The molecular weight excluding hydrogens is 280 g/mol. The van der Waals surface area contributed by atoms with Crippen LogP contribution in [-0.4, -0.2) is 30.5 Å². The fourth-order valence-electron chi connectivity index (χ4n) is 1.85. The van der Waals surface area contributed by atoms with E-state index < -0.39 is 0 Å². The van der Waals surface area contributed by atoms with Crippen LogP contribution in [0.5, 0.6) is 5.75 Å². The van der Waals surface area contributed by atoms with Crippen LogP contribution >= 0.6 is 0 Å². The molecule has 0 aliphatic carbocycles. The van der Waals surface area contributed by atoms with E-state index in [1.54, 1.807) is 0 Å². The van der Waals surface area contributed by atoms with Crippen LogP contribution in [0.15, 0.2) is 18.2 Å². The van der Waals surface area contributed by atoms with Gasteiger partial charge in [0.2, 0.25) is 11.8 Å². The van der Waals surface area contributed by atoms with Gasteiger partial charge in [-0.2, -0.15) is 0 Å². The summed E-state index contributed by atoms with van der Waals surface area (Å²) in [5.41, 5.74) is 1.85. The monoisotopic (exact) mass is 306 g/mol. The van der Waals surface area contributed by atoms with E-state index in [4.69, 9.17) is 4.74 Å². The van der Waals surface area contributed by atoms with Crippen molar-refractivity contribution >= 4 is 11.8 Å². The molecule has 0 aliphatic rings. The molecule has 0 atom stereocenters. The zero-order chi connectivity index (χ0) is 16.8. The summed E-state index contributed by atoms with van der Waals surface area (Å²) in [5, 5.41) is 5.37. The molecule has 0 saturated carbocycles. The van der Waals surface area contributed by atoms with Crippen LogP contribution in [0, 0.1) is 13.8 Å². The van der Waals surface area contributed by atoms with Crippen LogP contribution in [0.25, 0.3) is 0 Å². The molecule has 5 heteroatoms. The third-order valence-electron chi connectivity index (χ3n) is 2.89. The molecule has 0 radical (unpaired) electrons. The third kappa shape index (κ3) is 7.11.